The number of rotatable bonds is 2. The highest BCUT2D eigenvalue weighted by molar-refractivity contribution is 5.68. The summed E-state index contributed by atoms with van der Waals surface area (Å²) in [6.07, 6.45) is 3.45. The molecule has 1 aromatic heterocycles. The first kappa shape index (κ1) is 14.0. The summed E-state index contributed by atoms with van der Waals surface area (Å²) in [6, 6.07) is 8.83. The van der Waals surface area contributed by atoms with Crippen LogP contribution in [0, 0.1) is 0 Å². The summed E-state index contributed by atoms with van der Waals surface area (Å²) in [5.74, 6) is 0.633. The molecule has 0 fully saturated rings. The van der Waals surface area contributed by atoms with Crippen LogP contribution in [0.4, 0.5) is 10.7 Å². The second kappa shape index (κ2) is 5.53. The number of aromatic nitrogens is 2. The van der Waals surface area contributed by atoms with Crippen LogP contribution in [-0.4, -0.2) is 34.1 Å². The molecule has 2 heterocycles. The van der Waals surface area contributed by atoms with Gasteiger partial charge in [-0.05, 0) is 24.0 Å². The predicted octanol–water partition coefficient (Wildman–Crippen LogP) is 2.14. The number of nitrogens with one attached hydrogen (secondary N) is 1. The minimum Gasteiger partial charge on any atom is -0.453 e. The van der Waals surface area contributed by atoms with Gasteiger partial charge in [-0.1, -0.05) is 24.3 Å². The van der Waals surface area contributed by atoms with Crippen LogP contribution in [0.2, 0.25) is 0 Å². The second-order valence-electron chi connectivity index (χ2n) is 6.01. The average molecular weight is 310 g/mol. The van der Waals surface area contributed by atoms with Crippen molar-refractivity contribution < 1.29 is 9.53 Å². The molecule has 2 aromatic rings. The van der Waals surface area contributed by atoms with E-state index in [4.69, 9.17) is 4.74 Å². The molecule has 2 aliphatic rings. The lowest BCUT2D eigenvalue weighted by Gasteiger charge is -2.12. The summed E-state index contributed by atoms with van der Waals surface area (Å²) in [6.45, 7) is 0.987. The largest absolute Gasteiger partial charge is 0.453 e. The lowest BCUT2D eigenvalue weighted by Crippen LogP contribution is -2.25. The molecule has 1 aliphatic heterocycles. The fraction of sp³-hybridized carbons (Fsp3) is 0.353. The third-order valence-electron chi connectivity index (χ3n) is 4.47. The molecule has 0 atom stereocenters. The monoisotopic (exact) mass is 310 g/mol. The maximum absolute atomic E-state index is 11.6. The third-order valence-corrected chi connectivity index (χ3v) is 4.47. The first-order chi connectivity index (χ1) is 11.2. The van der Waals surface area contributed by atoms with Crippen LogP contribution in [0.25, 0.3) is 0 Å². The first-order valence-electron chi connectivity index (χ1n) is 7.74. The molecule has 1 aromatic carbocycles. The van der Waals surface area contributed by atoms with Crippen molar-refractivity contribution in [3.8, 4) is 0 Å². The molecule has 0 saturated heterocycles. The van der Waals surface area contributed by atoms with Crippen molar-refractivity contribution in [3.05, 3.63) is 52.8 Å². The van der Waals surface area contributed by atoms with Gasteiger partial charge in [-0.3, -0.25) is 4.90 Å². The summed E-state index contributed by atoms with van der Waals surface area (Å²) in [4.78, 5) is 22.2. The molecule has 0 saturated carbocycles. The van der Waals surface area contributed by atoms with Crippen molar-refractivity contribution in [1.29, 1.82) is 0 Å². The zero-order valence-corrected chi connectivity index (χ0v) is 13.0. The SMILES string of the molecule is COC(=O)N1Cc2cnc(NC3Cc4ccccc4C3)nc2C1. The Morgan fingerprint density at radius 2 is 1.96 bits per heavy atom. The van der Waals surface area contributed by atoms with E-state index in [9.17, 15) is 4.79 Å². The van der Waals surface area contributed by atoms with E-state index in [-0.39, 0.29) is 6.09 Å². The van der Waals surface area contributed by atoms with Crippen LogP contribution in [-0.2, 0) is 30.7 Å². The van der Waals surface area contributed by atoms with Crippen molar-refractivity contribution in [1.82, 2.24) is 14.9 Å². The molecule has 0 unspecified atom stereocenters. The van der Waals surface area contributed by atoms with Crippen molar-refractivity contribution in [2.45, 2.75) is 32.0 Å². The molecule has 0 radical (unpaired) electrons. The van der Waals surface area contributed by atoms with Gasteiger partial charge in [0.15, 0.2) is 0 Å². The van der Waals surface area contributed by atoms with Crippen molar-refractivity contribution >= 4 is 12.0 Å². The van der Waals surface area contributed by atoms with E-state index >= 15 is 0 Å². The molecule has 1 amide bonds. The lowest BCUT2D eigenvalue weighted by molar-refractivity contribution is 0.123. The van der Waals surface area contributed by atoms with E-state index in [0.717, 1.165) is 24.1 Å². The Hall–Kier alpha value is -2.63. The van der Waals surface area contributed by atoms with Gasteiger partial charge in [-0.25, -0.2) is 14.8 Å². The molecule has 1 aliphatic carbocycles. The van der Waals surface area contributed by atoms with Gasteiger partial charge in [0.25, 0.3) is 0 Å². The zero-order valence-electron chi connectivity index (χ0n) is 13.0. The Morgan fingerprint density at radius 3 is 2.65 bits per heavy atom. The zero-order chi connectivity index (χ0) is 15.8. The number of fused-ring (bicyclic) bond motifs is 2. The van der Waals surface area contributed by atoms with Crippen molar-refractivity contribution in [2.24, 2.45) is 0 Å². The Balaban J connectivity index is 1.46. The molecule has 0 bridgehead atoms. The summed E-state index contributed by atoms with van der Waals surface area (Å²) in [7, 11) is 1.39. The number of carbonyl (C=O) groups is 1. The van der Waals surface area contributed by atoms with Gasteiger partial charge < -0.3 is 10.1 Å². The van der Waals surface area contributed by atoms with Crippen LogP contribution < -0.4 is 5.32 Å². The number of amides is 1. The van der Waals surface area contributed by atoms with Crippen LogP contribution in [0.15, 0.2) is 30.5 Å². The Morgan fingerprint density at radius 1 is 1.22 bits per heavy atom. The maximum Gasteiger partial charge on any atom is 0.410 e. The summed E-state index contributed by atoms with van der Waals surface area (Å²) >= 11 is 0. The molecular weight excluding hydrogens is 292 g/mol. The molecule has 0 spiro atoms. The Kier molecular flexibility index (Phi) is 3.37. The van der Waals surface area contributed by atoms with Crippen LogP contribution in [0.1, 0.15) is 22.4 Å². The molecule has 1 N–H and O–H groups in total. The second-order valence-corrected chi connectivity index (χ2v) is 6.01. The van der Waals surface area contributed by atoms with E-state index < -0.39 is 0 Å². The highest BCUT2D eigenvalue weighted by Crippen LogP contribution is 2.25. The fourth-order valence-corrected chi connectivity index (χ4v) is 3.32. The van der Waals surface area contributed by atoms with Gasteiger partial charge in [0.1, 0.15) is 0 Å². The molecule has 6 heteroatoms. The van der Waals surface area contributed by atoms with Crippen LogP contribution >= 0.6 is 0 Å². The molecular formula is C17H18N4O2. The predicted molar refractivity (Wildman–Crippen MR) is 84.9 cm³/mol. The van der Waals surface area contributed by atoms with E-state index in [1.54, 1.807) is 11.1 Å². The number of carbonyl (C=O) groups excluding carboxylic acids is 1. The van der Waals surface area contributed by atoms with E-state index in [1.165, 1.54) is 18.2 Å². The highest BCUT2D eigenvalue weighted by Gasteiger charge is 2.27. The number of hydrogen-bond donors (Lipinski definition) is 1. The summed E-state index contributed by atoms with van der Waals surface area (Å²) in [5.41, 5.74) is 4.66. The van der Waals surface area contributed by atoms with E-state index in [1.807, 2.05) is 0 Å². The normalized spacial score (nSPS) is 16.1. The van der Waals surface area contributed by atoms with Gasteiger partial charge in [0.2, 0.25) is 5.95 Å². The number of methoxy groups -OCH3 is 1. The number of hydrogen-bond acceptors (Lipinski definition) is 5. The van der Waals surface area contributed by atoms with Gasteiger partial charge in [-0.15, -0.1) is 0 Å². The first-order valence-corrected chi connectivity index (χ1v) is 7.74. The number of benzene rings is 1. The van der Waals surface area contributed by atoms with Crippen molar-refractivity contribution in [3.63, 3.8) is 0 Å². The maximum atomic E-state index is 11.6. The average Bonchev–Trinajstić information content (AvgIpc) is 3.16. The number of ether oxygens (including phenoxy) is 1. The highest BCUT2D eigenvalue weighted by atomic mass is 16.5. The van der Waals surface area contributed by atoms with Gasteiger partial charge in [-0.2, -0.15) is 0 Å². The number of nitrogens with zero attached hydrogens (tertiary/aromatic N) is 3. The van der Waals surface area contributed by atoms with E-state index in [0.29, 0.717) is 25.1 Å². The summed E-state index contributed by atoms with van der Waals surface area (Å²) < 4.78 is 4.76. The van der Waals surface area contributed by atoms with Gasteiger partial charge >= 0.3 is 6.09 Å². The molecule has 23 heavy (non-hydrogen) atoms. The van der Waals surface area contributed by atoms with Gasteiger partial charge in [0, 0.05) is 17.8 Å². The van der Waals surface area contributed by atoms with E-state index in [2.05, 4.69) is 39.6 Å². The third kappa shape index (κ3) is 2.60. The molecule has 4 rings (SSSR count). The topological polar surface area (TPSA) is 67.3 Å². The van der Waals surface area contributed by atoms with Gasteiger partial charge in [0.05, 0.1) is 25.9 Å². The summed E-state index contributed by atoms with van der Waals surface area (Å²) in [5, 5.41) is 3.42. The number of anilines is 1. The smallest absolute Gasteiger partial charge is 0.410 e. The minimum absolute atomic E-state index is 0.323. The lowest BCUT2D eigenvalue weighted by atomic mass is 10.1. The fourth-order valence-electron chi connectivity index (χ4n) is 3.32. The Bertz CT molecular complexity index is 737. The van der Waals surface area contributed by atoms with Crippen molar-refractivity contribution in [2.75, 3.05) is 12.4 Å². The van der Waals surface area contributed by atoms with Crippen LogP contribution in [0.3, 0.4) is 0 Å². The quantitative estimate of drug-likeness (QED) is 0.920. The molecule has 118 valence electrons. The standard InChI is InChI=1S/C17H18N4O2/c1-23-17(22)21-9-13-8-18-16(20-15(13)10-21)19-14-6-11-4-2-3-5-12(11)7-14/h2-5,8,14H,6-7,9-10H2,1H3,(H,18,19,20). The Labute approximate surface area is 134 Å². The van der Waals surface area contributed by atoms with Crippen LogP contribution in [0.5, 0.6) is 0 Å². The molecule has 6 nitrogen and oxygen atoms in total. The minimum atomic E-state index is -0.330.